The second-order valence-corrected chi connectivity index (χ2v) is 18.1. The first-order valence-electron chi connectivity index (χ1n) is 21.1. The minimum absolute atomic E-state index is 0.199. The van der Waals surface area contributed by atoms with E-state index in [9.17, 15) is 0 Å². The molecule has 1 spiro atoms. The number of pyridine rings is 2. The van der Waals surface area contributed by atoms with Crippen LogP contribution in [-0.4, -0.2) is 4.57 Å². The summed E-state index contributed by atoms with van der Waals surface area (Å²) in [6, 6.07) is 37.9. The molecule has 55 heavy (non-hydrogen) atoms. The molecule has 0 amide bonds. The smallest absolute Gasteiger partial charge is 0.323 e. The molecule has 0 radical (unpaired) electrons. The molecule has 0 bridgehead atoms. The number of ether oxygens (including phenoxy) is 1. The Morgan fingerprint density at radius 3 is 2.22 bits per heavy atom. The molecule has 1 unspecified atom stereocenters. The monoisotopic (exact) mass is 716 g/mol. The van der Waals surface area contributed by atoms with Crippen molar-refractivity contribution in [2.45, 2.75) is 101 Å². The van der Waals surface area contributed by atoms with Gasteiger partial charge in [0.1, 0.15) is 39.5 Å². The largest absolute Gasteiger partial charge is 0.456 e. The maximum Gasteiger partial charge on any atom is 0.323 e. The molecule has 5 nitrogen and oxygen atoms in total. The van der Waals surface area contributed by atoms with Crippen molar-refractivity contribution < 1.29 is 13.9 Å². The molecular weight excluding hydrogens is 673 g/mol. The van der Waals surface area contributed by atoms with E-state index >= 15 is 0 Å². The van der Waals surface area contributed by atoms with E-state index in [1.165, 1.54) is 148 Å². The zero-order valence-electron chi connectivity index (χ0n) is 31.7. The predicted octanol–water partition coefficient (Wildman–Crippen LogP) is 11.6. The van der Waals surface area contributed by atoms with Crippen LogP contribution in [-0.2, 0) is 11.1 Å². The van der Waals surface area contributed by atoms with Gasteiger partial charge in [-0.1, -0.05) is 94.8 Å². The lowest BCUT2D eigenvalue weighted by Crippen LogP contribution is -2.76. The van der Waals surface area contributed by atoms with E-state index in [1.807, 2.05) is 0 Å². The van der Waals surface area contributed by atoms with Crippen LogP contribution in [0.25, 0.3) is 39.0 Å². The summed E-state index contributed by atoms with van der Waals surface area (Å²) in [7, 11) is 0. The van der Waals surface area contributed by atoms with Crippen molar-refractivity contribution in [1.82, 2.24) is 4.57 Å². The lowest BCUT2D eigenvalue weighted by molar-refractivity contribution is -0.925. The van der Waals surface area contributed by atoms with E-state index in [2.05, 4.69) is 130 Å². The number of nitrogens with zero attached hydrogens (tertiary/aromatic N) is 4. The summed E-state index contributed by atoms with van der Waals surface area (Å²) in [4.78, 5) is 2.66. The van der Waals surface area contributed by atoms with E-state index in [4.69, 9.17) is 4.74 Å². The number of para-hydroxylation sites is 2. The van der Waals surface area contributed by atoms with Crippen molar-refractivity contribution >= 4 is 39.1 Å². The van der Waals surface area contributed by atoms with E-state index < -0.39 is 5.66 Å². The Hall–Kier alpha value is -5.42. The Kier molecular flexibility index (Phi) is 5.36. The Morgan fingerprint density at radius 2 is 1.36 bits per heavy atom. The van der Waals surface area contributed by atoms with Crippen LogP contribution in [0.5, 0.6) is 11.5 Å². The molecular formula is C50H44N4O+2. The molecule has 268 valence electrons. The molecule has 8 heterocycles. The Morgan fingerprint density at radius 1 is 0.636 bits per heavy atom. The van der Waals surface area contributed by atoms with E-state index in [0.29, 0.717) is 11.8 Å². The van der Waals surface area contributed by atoms with Crippen LogP contribution in [0.4, 0.5) is 17.2 Å². The number of anilines is 3. The number of aromatic nitrogens is 3. The van der Waals surface area contributed by atoms with Gasteiger partial charge in [0.25, 0.3) is 11.5 Å². The molecule has 0 saturated heterocycles. The average Bonchev–Trinajstić information content (AvgIpc) is 3.72. The summed E-state index contributed by atoms with van der Waals surface area (Å²) >= 11 is 0. The highest BCUT2D eigenvalue weighted by Gasteiger charge is 2.71. The molecule has 5 heteroatoms. The number of fused-ring (bicyclic) bond motifs is 8. The number of hydrogen-bond acceptors (Lipinski definition) is 2. The zero-order valence-corrected chi connectivity index (χ0v) is 31.7. The summed E-state index contributed by atoms with van der Waals surface area (Å²) in [5, 5.41) is 2.82. The Balaban J connectivity index is 1.24. The van der Waals surface area contributed by atoms with Gasteiger partial charge in [-0.15, -0.1) is 0 Å². The number of hydrogen-bond donors (Lipinski definition) is 0. The third-order valence-corrected chi connectivity index (χ3v) is 15.2. The van der Waals surface area contributed by atoms with Crippen LogP contribution in [0, 0.1) is 0 Å². The number of rotatable bonds is 2. The van der Waals surface area contributed by atoms with E-state index in [1.54, 1.807) is 5.56 Å². The standard InChI is InChI=1S/C50H44N4O/c1-49(2)34-19-10-12-21-37(34)52-43-27-31(29-14-5-3-6-15-29)26-39-40-28-33(30-16-7-4-8-17-30)44-32-18-9-11-20-36(32)51-38-22-13-23-41-45(38)50(53(39)43,54(40)48(44)51)46-42(55-41)25-24-35(49)47(46)52/h9-13,18-30H,3-8,14-17H2,1-2H3/q+2. The maximum atomic E-state index is 7.20. The molecule has 5 aliphatic heterocycles. The average molecular weight is 717 g/mol. The molecule has 2 fully saturated rings. The molecule has 2 aliphatic carbocycles. The molecule has 1 atom stereocenters. The number of benzene rings is 4. The molecule has 0 N–H and O–H groups in total. The highest BCUT2D eigenvalue weighted by Crippen LogP contribution is 2.64. The molecule has 14 rings (SSSR count). The van der Waals surface area contributed by atoms with Crippen molar-refractivity contribution in [1.29, 1.82) is 0 Å². The van der Waals surface area contributed by atoms with Crippen molar-refractivity contribution in [2.24, 2.45) is 0 Å². The van der Waals surface area contributed by atoms with Gasteiger partial charge in [0.2, 0.25) is 0 Å². The topological polar surface area (TPSA) is 25.2 Å². The van der Waals surface area contributed by atoms with Crippen molar-refractivity contribution in [3.63, 3.8) is 0 Å². The summed E-state index contributed by atoms with van der Waals surface area (Å²) in [5.74, 6) is 4.34. The first-order chi connectivity index (χ1) is 27.1. The molecule has 3 aromatic heterocycles. The summed E-state index contributed by atoms with van der Waals surface area (Å²) < 4.78 is 15.4. The lowest BCUT2D eigenvalue weighted by Gasteiger charge is -2.46. The second kappa shape index (κ2) is 9.87. The molecule has 2 saturated carbocycles. The minimum atomic E-state index is -0.650. The summed E-state index contributed by atoms with van der Waals surface area (Å²) in [6.07, 6.45) is 13.0. The van der Waals surface area contributed by atoms with Crippen LogP contribution in [0.2, 0.25) is 0 Å². The van der Waals surface area contributed by atoms with Gasteiger partial charge in [-0.2, -0.15) is 18.6 Å². The van der Waals surface area contributed by atoms with Crippen LogP contribution >= 0.6 is 0 Å². The van der Waals surface area contributed by atoms with Gasteiger partial charge in [-0.05, 0) is 97.2 Å². The summed E-state index contributed by atoms with van der Waals surface area (Å²) in [6.45, 7) is 4.86. The van der Waals surface area contributed by atoms with Crippen molar-refractivity contribution in [3.05, 3.63) is 130 Å². The van der Waals surface area contributed by atoms with Gasteiger partial charge in [-0.3, -0.25) is 0 Å². The molecule has 7 aromatic rings. The second-order valence-electron chi connectivity index (χ2n) is 18.1. The summed E-state index contributed by atoms with van der Waals surface area (Å²) in [5.41, 5.74) is 16.7. The van der Waals surface area contributed by atoms with Gasteiger partial charge >= 0.3 is 5.66 Å². The van der Waals surface area contributed by atoms with Crippen molar-refractivity contribution in [2.75, 3.05) is 4.90 Å². The van der Waals surface area contributed by atoms with Gasteiger partial charge in [0.15, 0.2) is 17.1 Å². The normalized spacial score (nSPS) is 21.8. The van der Waals surface area contributed by atoms with Crippen LogP contribution in [0.1, 0.15) is 123 Å². The highest BCUT2D eigenvalue weighted by molar-refractivity contribution is 6.10. The highest BCUT2D eigenvalue weighted by atomic mass is 16.5. The van der Waals surface area contributed by atoms with Gasteiger partial charge < -0.3 is 4.74 Å². The Labute approximate surface area is 321 Å². The van der Waals surface area contributed by atoms with Crippen LogP contribution in [0.3, 0.4) is 0 Å². The van der Waals surface area contributed by atoms with Gasteiger partial charge in [0, 0.05) is 28.0 Å². The maximum absolute atomic E-state index is 7.20. The first kappa shape index (κ1) is 29.9. The van der Waals surface area contributed by atoms with Crippen molar-refractivity contribution in [3.8, 4) is 28.6 Å². The molecule has 4 aromatic carbocycles. The SMILES string of the molecule is CC1(C)c2ccccc2N2c3c1ccc1c3C34c5c(cccc5-n5c6ccccc6c6c(C7CCCCC7)cc([n+]3c65)-c3cc(C5CCCCC5)cc2[n+]34)O1. The minimum Gasteiger partial charge on any atom is -0.456 e. The fourth-order valence-electron chi connectivity index (χ4n) is 12.9. The Bertz CT molecular complexity index is 2920. The quantitative estimate of drug-likeness (QED) is 0.166. The van der Waals surface area contributed by atoms with Gasteiger partial charge in [-0.25, -0.2) is 0 Å². The lowest BCUT2D eigenvalue weighted by atomic mass is 9.70. The fourth-order valence-corrected chi connectivity index (χ4v) is 12.9. The zero-order chi connectivity index (χ0) is 35.9. The van der Waals surface area contributed by atoms with E-state index in [0.717, 1.165) is 11.5 Å². The predicted molar refractivity (Wildman–Crippen MR) is 217 cm³/mol. The van der Waals surface area contributed by atoms with Crippen LogP contribution in [0.15, 0.2) is 97.1 Å². The third kappa shape index (κ3) is 3.27. The van der Waals surface area contributed by atoms with E-state index in [-0.39, 0.29) is 5.41 Å². The molecule has 7 aliphatic rings. The fraction of sp³-hybridized carbons (Fsp3) is 0.320. The van der Waals surface area contributed by atoms with Crippen LogP contribution < -0.4 is 18.8 Å². The third-order valence-electron chi connectivity index (χ3n) is 15.2. The van der Waals surface area contributed by atoms with Gasteiger partial charge in [0.05, 0.1) is 5.39 Å². The first-order valence-corrected chi connectivity index (χ1v) is 21.1.